The summed E-state index contributed by atoms with van der Waals surface area (Å²) in [5.41, 5.74) is 1.69. The summed E-state index contributed by atoms with van der Waals surface area (Å²) in [5.74, 6) is 0.882. The summed E-state index contributed by atoms with van der Waals surface area (Å²) in [7, 11) is 0. The molecule has 0 aliphatic rings. The Morgan fingerprint density at radius 2 is 1.90 bits per heavy atom. The number of nitrogens with zero attached hydrogens (tertiary/aromatic N) is 1. The summed E-state index contributed by atoms with van der Waals surface area (Å²) in [6.45, 7) is 3.83. The molecule has 1 radical (unpaired) electrons. The Balaban J connectivity index is 1.90. The molecule has 0 amide bonds. The number of hydrogen-bond acceptors (Lipinski definition) is 3. The van der Waals surface area contributed by atoms with Gasteiger partial charge in [0.25, 0.3) is 5.56 Å². The molecule has 3 rings (SSSR count). The zero-order chi connectivity index (χ0) is 13.9. The predicted molar refractivity (Wildman–Crippen MR) is 82.8 cm³/mol. The molecule has 3 aromatic rings. The molecular weight excluding hydrogens is 268 g/mol. The lowest BCUT2D eigenvalue weighted by Gasteiger charge is -2.05. The Morgan fingerprint density at radius 1 is 1.10 bits per heavy atom. The molecule has 1 N–H and O–H groups in total. The number of aromatic amines is 1. The van der Waals surface area contributed by atoms with E-state index in [1.807, 2.05) is 36.4 Å². The van der Waals surface area contributed by atoms with Gasteiger partial charge in [-0.15, -0.1) is 11.8 Å². The minimum absolute atomic E-state index is 0.172. The second kappa shape index (κ2) is 5.51. The van der Waals surface area contributed by atoms with Crippen molar-refractivity contribution in [2.24, 2.45) is 0 Å². The van der Waals surface area contributed by atoms with Crippen molar-refractivity contribution < 1.29 is 0 Å². The maximum absolute atomic E-state index is 11.8. The van der Waals surface area contributed by atoms with Crippen LogP contribution in [0.25, 0.3) is 10.8 Å². The maximum Gasteiger partial charge on any atom is 0.272 e. The van der Waals surface area contributed by atoms with E-state index in [-0.39, 0.29) is 5.56 Å². The van der Waals surface area contributed by atoms with Gasteiger partial charge in [0, 0.05) is 16.0 Å². The summed E-state index contributed by atoms with van der Waals surface area (Å²) < 4.78 is 0. The fraction of sp³-hybridized carbons (Fsp3) is 0.0625. The van der Waals surface area contributed by atoms with Crippen molar-refractivity contribution in [3.05, 3.63) is 77.1 Å². The van der Waals surface area contributed by atoms with E-state index in [4.69, 9.17) is 0 Å². The van der Waals surface area contributed by atoms with Crippen LogP contribution in [-0.2, 0) is 5.75 Å². The number of aromatic nitrogens is 2. The number of rotatable bonds is 3. The Hall–Kier alpha value is -2.07. The molecule has 99 valence electrons. The van der Waals surface area contributed by atoms with Gasteiger partial charge in [0.2, 0.25) is 0 Å². The Bertz CT molecular complexity index is 796. The Labute approximate surface area is 121 Å². The van der Waals surface area contributed by atoms with Gasteiger partial charge in [-0.25, -0.2) is 5.10 Å². The summed E-state index contributed by atoms with van der Waals surface area (Å²) in [4.78, 5) is 12.9. The normalized spacial score (nSPS) is 10.8. The van der Waals surface area contributed by atoms with Crippen LogP contribution in [0.4, 0.5) is 0 Å². The molecular formula is C16H13N2OS. The largest absolute Gasteiger partial charge is 0.272 e. The van der Waals surface area contributed by atoms with Crippen LogP contribution in [0.1, 0.15) is 11.3 Å². The van der Waals surface area contributed by atoms with Crippen LogP contribution in [0.15, 0.2) is 58.2 Å². The van der Waals surface area contributed by atoms with Crippen molar-refractivity contribution >= 4 is 22.5 Å². The smallest absolute Gasteiger partial charge is 0.267 e. The maximum atomic E-state index is 11.8. The van der Waals surface area contributed by atoms with E-state index in [9.17, 15) is 4.79 Å². The topological polar surface area (TPSA) is 45.8 Å². The molecule has 0 fully saturated rings. The van der Waals surface area contributed by atoms with Crippen molar-refractivity contribution in [2.45, 2.75) is 10.6 Å². The highest BCUT2D eigenvalue weighted by molar-refractivity contribution is 7.98. The molecule has 0 spiro atoms. The van der Waals surface area contributed by atoms with E-state index >= 15 is 0 Å². The highest BCUT2D eigenvalue weighted by Gasteiger charge is 2.05. The van der Waals surface area contributed by atoms with Crippen LogP contribution in [0.5, 0.6) is 0 Å². The van der Waals surface area contributed by atoms with Crippen LogP contribution in [0.3, 0.4) is 0 Å². The monoisotopic (exact) mass is 281 g/mol. The van der Waals surface area contributed by atoms with Crippen LogP contribution < -0.4 is 5.56 Å². The zero-order valence-electron chi connectivity index (χ0n) is 10.8. The van der Waals surface area contributed by atoms with Gasteiger partial charge in [-0.2, -0.15) is 5.10 Å². The van der Waals surface area contributed by atoms with Crippen LogP contribution in [0.2, 0.25) is 0 Å². The molecule has 1 aromatic heterocycles. The number of thioether (sulfide) groups is 1. The van der Waals surface area contributed by atoms with Gasteiger partial charge < -0.3 is 0 Å². The first-order valence-corrected chi connectivity index (χ1v) is 7.24. The third kappa shape index (κ3) is 2.60. The van der Waals surface area contributed by atoms with E-state index in [1.54, 1.807) is 11.8 Å². The molecule has 0 aliphatic heterocycles. The first kappa shape index (κ1) is 12.9. The highest BCUT2D eigenvalue weighted by Crippen LogP contribution is 2.25. The van der Waals surface area contributed by atoms with Gasteiger partial charge in [0.05, 0.1) is 11.1 Å². The first-order valence-electron chi connectivity index (χ1n) is 6.25. The molecule has 0 atom stereocenters. The van der Waals surface area contributed by atoms with Crippen LogP contribution in [0, 0.1) is 6.92 Å². The van der Waals surface area contributed by atoms with E-state index in [2.05, 4.69) is 29.3 Å². The number of hydrogen-bond donors (Lipinski definition) is 1. The standard InChI is InChI=1S/C16H13N2OS/c1-11-14-8-7-13(9-15(14)16(19)18-17-11)20-10-12-5-3-2-4-6-12/h2-9H,1,10H2,(H,18,19). The van der Waals surface area contributed by atoms with Crippen molar-refractivity contribution in [2.75, 3.05) is 0 Å². The molecule has 1 heterocycles. The molecule has 2 aromatic carbocycles. The van der Waals surface area contributed by atoms with E-state index in [1.165, 1.54) is 5.56 Å². The third-order valence-corrected chi connectivity index (χ3v) is 4.15. The molecule has 0 saturated carbocycles. The Kier molecular flexibility index (Phi) is 3.56. The van der Waals surface area contributed by atoms with Crippen molar-refractivity contribution in [1.82, 2.24) is 10.2 Å². The zero-order valence-corrected chi connectivity index (χ0v) is 11.6. The lowest BCUT2D eigenvalue weighted by molar-refractivity contribution is 0.990. The first-order chi connectivity index (χ1) is 9.74. The second-order valence-electron chi connectivity index (χ2n) is 4.48. The fourth-order valence-electron chi connectivity index (χ4n) is 2.03. The predicted octanol–water partition coefficient (Wildman–Crippen LogP) is 3.40. The molecule has 0 saturated heterocycles. The molecule has 4 heteroatoms. The van der Waals surface area contributed by atoms with Gasteiger partial charge in [0.1, 0.15) is 0 Å². The molecule has 20 heavy (non-hydrogen) atoms. The van der Waals surface area contributed by atoms with Gasteiger partial charge in [-0.1, -0.05) is 36.4 Å². The van der Waals surface area contributed by atoms with Crippen molar-refractivity contribution in [3.63, 3.8) is 0 Å². The number of fused-ring (bicyclic) bond motifs is 1. The lowest BCUT2D eigenvalue weighted by atomic mass is 10.1. The molecule has 0 aliphatic carbocycles. The minimum atomic E-state index is -0.172. The fourth-order valence-corrected chi connectivity index (χ4v) is 2.92. The minimum Gasteiger partial charge on any atom is -0.267 e. The Morgan fingerprint density at radius 3 is 2.70 bits per heavy atom. The third-order valence-electron chi connectivity index (χ3n) is 3.09. The van der Waals surface area contributed by atoms with Crippen LogP contribution in [-0.4, -0.2) is 10.2 Å². The summed E-state index contributed by atoms with van der Waals surface area (Å²) in [6.07, 6.45) is 0. The number of H-pyrrole nitrogens is 1. The van der Waals surface area contributed by atoms with Gasteiger partial charge in [0.15, 0.2) is 0 Å². The van der Waals surface area contributed by atoms with E-state index in [0.717, 1.165) is 16.0 Å². The van der Waals surface area contributed by atoms with E-state index in [0.29, 0.717) is 11.1 Å². The average Bonchev–Trinajstić information content (AvgIpc) is 2.50. The summed E-state index contributed by atoms with van der Waals surface area (Å²) >= 11 is 1.71. The van der Waals surface area contributed by atoms with Gasteiger partial charge in [-0.3, -0.25) is 4.79 Å². The van der Waals surface area contributed by atoms with Crippen molar-refractivity contribution in [3.8, 4) is 0 Å². The molecule has 0 bridgehead atoms. The van der Waals surface area contributed by atoms with Gasteiger partial charge in [-0.05, 0) is 24.6 Å². The average molecular weight is 281 g/mol. The SMILES string of the molecule is [CH2]c1n[nH]c(=O)c2cc(SCc3ccccc3)ccc12. The number of benzene rings is 2. The molecule has 3 nitrogen and oxygen atoms in total. The lowest BCUT2D eigenvalue weighted by Crippen LogP contribution is -2.09. The van der Waals surface area contributed by atoms with Crippen molar-refractivity contribution in [1.29, 1.82) is 0 Å². The van der Waals surface area contributed by atoms with Gasteiger partial charge >= 0.3 is 0 Å². The second-order valence-corrected chi connectivity index (χ2v) is 5.53. The quantitative estimate of drug-likeness (QED) is 0.748. The van der Waals surface area contributed by atoms with E-state index < -0.39 is 0 Å². The summed E-state index contributed by atoms with van der Waals surface area (Å²) in [5, 5.41) is 7.79. The highest BCUT2D eigenvalue weighted by atomic mass is 32.2. The van der Waals surface area contributed by atoms with Crippen LogP contribution >= 0.6 is 11.8 Å². The number of nitrogens with one attached hydrogen (secondary N) is 1. The summed E-state index contributed by atoms with van der Waals surface area (Å²) in [6, 6.07) is 16.1. The molecule has 0 unspecified atom stereocenters.